The first-order valence-electron chi connectivity index (χ1n) is 11.7. The zero-order valence-electron chi connectivity index (χ0n) is 18.5. The number of aryl methyl sites for hydroxylation is 2. The summed E-state index contributed by atoms with van der Waals surface area (Å²) in [6.07, 6.45) is 8.49. The normalized spacial score (nSPS) is 16.8. The standard InChI is InChI=1S/C26H26ClN5S/c27-21-7-3-1-5-19(21)17-31-13-15-32(16-14-31)25-23-20-6-2-4-8-22(20)33-26(23)30-24(29-25)18-9-11-28-12-10-18/h1,3,5,7,9-12H,2,4,6,8,13-17H2. The maximum absolute atomic E-state index is 6.41. The van der Waals surface area contributed by atoms with Crippen molar-refractivity contribution in [1.82, 2.24) is 19.9 Å². The molecule has 4 heterocycles. The van der Waals surface area contributed by atoms with Gasteiger partial charge in [-0.2, -0.15) is 0 Å². The van der Waals surface area contributed by atoms with Crippen LogP contribution in [0.25, 0.3) is 21.6 Å². The van der Waals surface area contributed by atoms with Crippen LogP contribution in [0.5, 0.6) is 0 Å². The molecule has 1 aliphatic carbocycles. The van der Waals surface area contributed by atoms with E-state index in [4.69, 9.17) is 21.6 Å². The molecular formula is C26H26ClN5S. The van der Waals surface area contributed by atoms with Crippen molar-refractivity contribution in [2.45, 2.75) is 32.2 Å². The van der Waals surface area contributed by atoms with Crippen LogP contribution in [0.3, 0.4) is 0 Å². The van der Waals surface area contributed by atoms with E-state index in [1.807, 2.05) is 48.0 Å². The van der Waals surface area contributed by atoms with Crippen molar-refractivity contribution in [3.8, 4) is 11.4 Å². The maximum atomic E-state index is 6.41. The Morgan fingerprint density at radius 1 is 0.909 bits per heavy atom. The Kier molecular flexibility index (Phi) is 5.74. The lowest BCUT2D eigenvalue weighted by atomic mass is 9.96. The molecule has 1 fully saturated rings. The van der Waals surface area contributed by atoms with E-state index in [9.17, 15) is 0 Å². The molecule has 3 aromatic heterocycles. The Morgan fingerprint density at radius 3 is 2.52 bits per heavy atom. The Morgan fingerprint density at radius 2 is 1.70 bits per heavy atom. The second-order valence-corrected chi connectivity index (χ2v) is 10.3. The molecule has 0 spiro atoms. The highest BCUT2D eigenvalue weighted by atomic mass is 35.5. The second-order valence-electron chi connectivity index (χ2n) is 8.85. The van der Waals surface area contributed by atoms with Crippen LogP contribution in [0.1, 0.15) is 28.8 Å². The summed E-state index contributed by atoms with van der Waals surface area (Å²) in [6.45, 7) is 4.79. The van der Waals surface area contributed by atoms with Crippen LogP contribution < -0.4 is 4.90 Å². The van der Waals surface area contributed by atoms with Crippen molar-refractivity contribution >= 4 is 39.0 Å². The van der Waals surface area contributed by atoms with Crippen molar-refractivity contribution in [2.75, 3.05) is 31.1 Å². The number of pyridine rings is 1. The monoisotopic (exact) mass is 475 g/mol. The molecule has 1 saturated heterocycles. The second kappa shape index (κ2) is 9.01. The summed E-state index contributed by atoms with van der Waals surface area (Å²) in [6, 6.07) is 12.2. The lowest BCUT2D eigenvalue weighted by Gasteiger charge is -2.36. The van der Waals surface area contributed by atoms with Gasteiger partial charge in [0, 0.05) is 60.6 Å². The summed E-state index contributed by atoms with van der Waals surface area (Å²) in [5.41, 5.74) is 3.72. The molecule has 168 valence electrons. The maximum Gasteiger partial charge on any atom is 0.163 e. The minimum atomic E-state index is 0.803. The van der Waals surface area contributed by atoms with Gasteiger partial charge in [-0.15, -0.1) is 11.3 Å². The van der Waals surface area contributed by atoms with Gasteiger partial charge in [-0.25, -0.2) is 9.97 Å². The number of nitrogens with zero attached hydrogens (tertiary/aromatic N) is 5. The molecule has 6 rings (SSSR count). The first-order valence-corrected chi connectivity index (χ1v) is 12.9. The number of fused-ring (bicyclic) bond motifs is 3. The number of rotatable bonds is 4. The average molecular weight is 476 g/mol. The van der Waals surface area contributed by atoms with Crippen molar-refractivity contribution in [1.29, 1.82) is 0 Å². The van der Waals surface area contributed by atoms with Gasteiger partial charge >= 0.3 is 0 Å². The zero-order valence-corrected chi connectivity index (χ0v) is 20.1. The van der Waals surface area contributed by atoms with Crippen LogP contribution in [0.4, 0.5) is 5.82 Å². The molecule has 0 unspecified atom stereocenters. The molecule has 5 nitrogen and oxygen atoms in total. The Bertz CT molecular complexity index is 1280. The largest absolute Gasteiger partial charge is 0.353 e. The summed E-state index contributed by atoms with van der Waals surface area (Å²) < 4.78 is 0. The molecule has 0 atom stereocenters. The van der Waals surface area contributed by atoms with E-state index >= 15 is 0 Å². The third-order valence-corrected chi connectivity index (χ3v) is 8.31. The Hall–Kier alpha value is -2.54. The van der Waals surface area contributed by atoms with Crippen LogP contribution in [-0.2, 0) is 19.4 Å². The van der Waals surface area contributed by atoms with Crippen LogP contribution >= 0.6 is 22.9 Å². The Balaban J connectivity index is 1.33. The van der Waals surface area contributed by atoms with Gasteiger partial charge < -0.3 is 4.90 Å². The van der Waals surface area contributed by atoms with Gasteiger partial charge in [0.15, 0.2) is 5.82 Å². The van der Waals surface area contributed by atoms with Gasteiger partial charge in [-0.1, -0.05) is 29.8 Å². The predicted octanol–water partition coefficient (Wildman–Crippen LogP) is 5.61. The molecule has 0 bridgehead atoms. The number of anilines is 1. The molecule has 1 aliphatic heterocycles. The smallest absolute Gasteiger partial charge is 0.163 e. The fraction of sp³-hybridized carbons (Fsp3) is 0.346. The van der Waals surface area contributed by atoms with Gasteiger partial charge in [-0.05, 0) is 55.0 Å². The third-order valence-electron chi connectivity index (χ3n) is 6.76. The molecule has 0 N–H and O–H groups in total. The number of hydrogen-bond donors (Lipinski definition) is 0. The highest BCUT2D eigenvalue weighted by molar-refractivity contribution is 7.19. The van der Waals surface area contributed by atoms with Gasteiger partial charge in [0.05, 0.1) is 5.39 Å². The van der Waals surface area contributed by atoms with E-state index in [2.05, 4.69) is 26.9 Å². The van der Waals surface area contributed by atoms with Gasteiger partial charge in [-0.3, -0.25) is 9.88 Å². The van der Waals surface area contributed by atoms with E-state index in [0.29, 0.717) is 0 Å². The zero-order chi connectivity index (χ0) is 22.2. The number of thiophene rings is 1. The highest BCUT2D eigenvalue weighted by Crippen LogP contribution is 2.41. The van der Waals surface area contributed by atoms with Crippen LogP contribution in [0.15, 0.2) is 48.8 Å². The first-order chi connectivity index (χ1) is 16.3. The van der Waals surface area contributed by atoms with Crippen LogP contribution in [0.2, 0.25) is 5.02 Å². The minimum absolute atomic E-state index is 0.803. The van der Waals surface area contributed by atoms with Crippen LogP contribution in [-0.4, -0.2) is 46.0 Å². The summed E-state index contributed by atoms with van der Waals surface area (Å²) in [7, 11) is 0. The fourth-order valence-electron chi connectivity index (χ4n) is 4.98. The van der Waals surface area contributed by atoms with E-state index in [1.54, 1.807) is 0 Å². The van der Waals surface area contributed by atoms with E-state index in [1.165, 1.54) is 40.7 Å². The van der Waals surface area contributed by atoms with Crippen molar-refractivity contribution in [3.05, 3.63) is 69.8 Å². The predicted molar refractivity (Wildman–Crippen MR) is 136 cm³/mol. The average Bonchev–Trinajstić information content (AvgIpc) is 3.24. The topological polar surface area (TPSA) is 45.2 Å². The summed E-state index contributed by atoms with van der Waals surface area (Å²) in [4.78, 5) is 21.9. The Labute approximate surface area is 203 Å². The van der Waals surface area contributed by atoms with E-state index < -0.39 is 0 Å². The van der Waals surface area contributed by atoms with Gasteiger partial charge in [0.2, 0.25) is 0 Å². The third kappa shape index (κ3) is 4.12. The van der Waals surface area contributed by atoms with E-state index in [0.717, 1.165) is 66.2 Å². The molecule has 4 aromatic rings. The lowest BCUT2D eigenvalue weighted by molar-refractivity contribution is 0.249. The summed E-state index contributed by atoms with van der Waals surface area (Å²) in [5.74, 6) is 1.92. The first kappa shape index (κ1) is 21.0. The molecule has 33 heavy (non-hydrogen) atoms. The molecule has 0 radical (unpaired) electrons. The minimum Gasteiger partial charge on any atom is -0.353 e. The van der Waals surface area contributed by atoms with Crippen molar-refractivity contribution in [3.63, 3.8) is 0 Å². The summed E-state index contributed by atoms with van der Waals surface area (Å²) >= 11 is 8.28. The van der Waals surface area contributed by atoms with Crippen molar-refractivity contribution in [2.24, 2.45) is 0 Å². The van der Waals surface area contributed by atoms with Gasteiger partial charge in [0.25, 0.3) is 0 Å². The molecule has 2 aliphatic rings. The molecule has 0 saturated carbocycles. The molecule has 1 aromatic carbocycles. The molecular weight excluding hydrogens is 450 g/mol. The van der Waals surface area contributed by atoms with E-state index in [-0.39, 0.29) is 0 Å². The number of benzene rings is 1. The number of piperazine rings is 1. The lowest BCUT2D eigenvalue weighted by Crippen LogP contribution is -2.46. The highest BCUT2D eigenvalue weighted by Gasteiger charge is 2.26. The molecule has 7 heteroatoms. The quantitative estimate of drug-likeness (QED) is 0.384. The fourth-order valence-corrected chi connectivity index (χ4v) is 6.43. The number of hydrogen-bond acceptors (Lipinski definition) is 6. The number of aromatic nitrogens is 3. The van der Waals surface area contributed by atoms with Crippen molar-refractivity contribution < 1.29 is 0 Å². The molecule has 0 amide bonds. The summed E-state index contributed by atoms with van der Waals surface area (Å²) in [5, 5.41) is 2.15. The van der Waals surface area contributed by atoms with Crippen LogP contribution in [0, 0.1) is 0 Å². The SMILES string of the molecule is Clc1ccccc1CN1CCN(c2nc(-c3ccncc3)nc3sc4c(c23)CCCC4)CC1. The number of halogens is 1. The van der Waals surface area contributed by atoms with Gasteiger partial charge in [0.1, 0.15) is 10.6 Å².